The normalized spacial score (nSPS) is 11.1. The van der Waals surface area contributed by atoms with Crippen LogP contribution in [0.1, 0.15) is 21.5 Å². The third-order valence-electron chi connectivity index (χ3n) is 4.03. The SMILES string of the molecule is COC(=O)c1ccccc1CS(=O)(=O)N(CCN)CCc1ccccc1.Cl. The van der Waals surface area contributed by atoms with Gasteiger partial charge in [-0.15, -0.1) is 12.4 Å². The summed E-state index contributed by atoms with van der Waals surface area (Å²) in [6.07, 6.45) is 0.596. The van der Waals surface area contributed by atoms with Gasteiger partial charge in [0.05, 0.1) is 18.4 Å². The predicted octanol–water partition coefficient (Wildman–Crippen LogP) is 2.23. The molecule has 2 aromatic carbocycles. The largest absolute Gasteiger partial charge is 0.465 e. The number of sulfonamides is 1. The van der Waals surface area contributed by atoms with Crippen molar-refractivity contribution in [1.82, 2.24) is 4.31 Å². The van der Waals surface area contributed by atoms with Gasteiger partial charge in [-0.05, 0) is 23.6 Å². The number of hydrogen-bond acceptors (Lipinski definition) is 5. The number of nitrogens with two attached hydrogens (primary N) is 1. The zero-order valence-electron chi connectivity index (χ0n) is 15.2. The van der Waals surface area contributed by atoms with Gasteiger partial charge in [-0.1, -0.05) is 48.5 Å². The lowest BCUT2D eigenvalue weighted by Crippen LogP contribution is -2.37. The maximum atomic E-state index is 12.9. The summed E-state index contributed by atoms with van der Waals surface area (Å²) in [6.45, 7) is 0.798. The summed E-state index contributed by atoms with van der Waals surface area (Å²) in [6, 6.07) is 16.2. The lowest BCUT2D eigenvalue weighted by Gasteiger charge is -2.22. The topological polar surface area (TPSA) is 89.7 Å². The van der Waals surface area contributed by atoms with E-state index in [1.54, 1.807) is 24.3 Å². The van der Waals surface area contributed by atoms with Crippen LogP contribution in [0.3, 0.4) is 0 Å². The quantitative estimate of drug-likeness (QED) is 0.638. The van der Waals surface area contributed by atoms with Crippen molar-refractivity contribution in [3.05, 3.63) is 71.3 Å². The third-order valence-corrected chi connectivity index (χ3v) is 5.85. The van der Waals surface area contributed by atoms with E-state index in [1.165, 1.54) is 11.4 Å². The molecule has 0 fully saturated rings. The minimum absolute atomic E-state index is 0. The maximum Gasteiger partial charge on any atom is 0.338 e. The third kappa shape index (κ3) is 6.62. The summed E-state index contributed by atoms with van der Waals surface area (Å²) in [5, 5.41) is 0. The minimum atomic E-state index is -3.63. The van der Waals surface area contributed by atoms with Crippen LogP contribution in [0.15, 0.2) is 54.6 Å². The standard InChI is InChI=1S/C19H24N2O4S.ClH/c1-25-19(22)18-10-6-5-9-17(18)15-26(23,24)21(14-12-20)13-11-16-7-3-2-4-8-16;/h2-10H,11-15,20H2,1H3;1H. The van der Waals surface area contributed by atoms with Crippen LogP contribution in [-0.2, 0) is 26.9 Å². The van der Waals surface area contributed by atoms with Gasteiger partial charge in [0.15, 0.2) is 0 Å². The molecule has 0 bridgehead atoms. The van der Waals surface area contributed by atoms with E-state index in [2.05, 4.69) is 0 Å². The van der Waals surface area contributed by atoms with E-state index in [4.69, 9.17) is 10.5 Å². The van der Waals surface area contributed by atoms with Gasteiger partial charge in [0.2, 0.25) is 10.0 Å². The van der Waals surface area contributed by atoms with Gasteiger partial charge in [-0.3, -0.25) is 0 Å². The molecule has 0 saturated carbocycles. The summed E-state index contributed by atoms with van der Waals surface area (Å²) < 4.78 is 31.9. The van der Waals surface area contributed by atoms with Crippen molar-refractivity contribution >= 4 is 28.4 Å². The Morgan fingerprint density at radius 3 is 2.30 bits per heavy atom. The molecule has 0 unspecified atom stereocenters. The average molecular weight is 413 g/mol. The van der Waals surface area contributed by atoms with E-state index >= 15 is 0 Å². The fourth-order valence-electron chi connectivity index (χ4n) is 2.68. The number of benzene rings is 2. The molecule has 8 heteroatoms. The van der Waals surface area contributed by atoms with Crippen molar-refractivity contribution in [2.45, 2.75) is 12.2 Å². The highest BCUT2D eigenvalue weighted by atomic mass is 35.5. The Morgan fingerprint density at radius 2 is 1.67 bits per heavy atom. The molecule has 0 amide bonds. The van der Waals surface area contributed by atoms with Crippen LogP contribution in [0.2, 0.25) is 0 Å². The Balaban J connectivity index is 0.00000364. The summed E-state index contributed by atoms with van der Waals surface area (Å²) in [5.74, 6) is -0.821. The molecular formula is C19H25ClN2O4S. The second kappa shape index (κ2) is 11.0. The van der Waals surface area contributed by atoms with Crippen LogP contribution in [-0.4, -0.2) is 45.4 Å². The van der Waals surface area contributed by atoms with Crippen LogP contribution in [0.4, 0.5) is 0 Å². The molecule has 0 aliphatic carbocycles. The van der Waals surface area contributed by atoms with E-state index in [-0.39, 0.29) is 36.8 Å². The molecule has 0 saturated heterocycles. The molecule has 0 aliphatic heterocycles. The van der Waals surface area contributed by atoms with Crippen molar-refractivity contribution < 1.29 is 17.9 Å². The van der Waals surface area contributed by atoms with Crippen LogP contribution in [0.25, 0.3) is 0 Å². The molecule has 6 nitrogen and oxygen atoms in total. The van der Waals surface area contributed by atoms with Gasteiger partial charge >= 0.3 is 5.97 Å². The number of halogens is 1. The molecule has 27 heavy (non-hydrogen) atoms. The van der Waals surface area contributed by atoms with Gasteiger partial charge in [0.25, 0.3) is 0 Å². The van der Waals surface area contributed by atoms with E-state index in [1.807, 2.05) is 30.3 Å². The lowest BCUT2D eigenvalue weighted by molar-refractivity contribution is 0.0600. The van der Waals surface area contributed by atoms with E-state index in [0.29, 0.717) is 18.5 Å². The van der Waals surface area contributed by atoms with E-state index in [9.17, 15) is 13.2 Å². The number of rotatable bonds is 9. The Morgan fingerprint density at radius 1 is 1.04 bits per heavy atom. The first-order valence-electron chi connectivity index (χ1n) is 8.36. The fraction of sp³-hybridized carbons (Fsp3) is 0.316. The van der Waals surface area contributed by atoms with Gasteiger partial charge < -0.3 is 10.5 Å². The molecular weight excluding hydrogens is 388 g/mol. The zero-order valence-corrected chi connectivity index (χ0v) is 16.8. The van der Waals surface area contributed by atoms with Crippen LogP contribution >= 0.6 is 12.4 Å². The number of ether oxygens (including phenoxy) is 1. The number of carbonyl (C=O) groups is 1. The maximum absolute atomic E-state index is 12.9. The van der Waals surface area contributed by atoms with Crippen LogP contribution < -0.4 is 5.73 Å². The molecule has 0 atom stereocenters. The van der Waals surface area contributed by atoms with Crippen molar-refractivity contribution in [2.75, 3.05) is 26.7 Å². The molecule has 2 N–H and O–H groups in total. The molecule has 0 heterocycles. The van der Waals surface area contributed by atoms with Crippen molar-refractivity contribution in [2.24, 2.45) is 5.73 Å². The highest BCUT2D eigenvalue weighted by Crippen LogP contribution is 2.17. The summed E-state index contributed by atoms with van der Waals surface area (Å²) in [5.41, 5.74) is 7.34. The van der Waals surface area contributed by atoms with Crippen molar-refractivity contribution in [3.8, 4) is 0 Å². The number of esters is 1. The van der Waals surface area contributed by atoms with E-state index < -0.39 is 16.0 Å². The number of nitrogens with zero attached hydrogens (tertiary/aromatic N) is 1. The Bertz CT molecular complexity index is 829. The Kier molecular flexibility index (Phi) is 9.45. The van der Waals surface area contributed by atoms with Crippen molar-refractivity contribution in [3.63, 3.8) is 0 Å². The predicted molar refractivity (Wildman–Crippen MR) is 108 cm³/mol. The molecule has 2 aromatic rings. The first-order valence-corrected chi connectivity index (χ1v) is 9.97. The summed E-state index contributed by atoms with van der Waals surface area (Å²) >= 11 is 0. The zero-order chi connectivity index (χ0) is 19.0. The van der Waals surface area contributed by atoms with Gasteiger partial charge in [0.1, 0.15) is 0 Å². The first-order chi connectivity index (χ1) is 12.5. The molecule has 0 aliphatic rings. The Hall–Kier alpha value is -1.93. The minimum Gasteiger partial charge on any atom is -0.465 e. The molecule has 0 aromatic heterocycles. The lowest BCUT2D eigenvalue weighted by atomic mass is 10.1. The van der Waals surface area contributed by atoms with Gasteiger partial charge in [0, 0.05) is 19.6 Å². The molecule has 148 valence electrons. The van der Waals surface area contributed by atoms with Gasteiger partial charge in [-0.25, -0.2) is 17.5 Å². The van der Waals surface area contributed by atoms with Crippen LogP contribution in [0.5, 0.6) is 0 Å². The molecule has 0 radical (unpaired) electrons. The first kappa shape index (κ1) is 23.1. The highest BCUT2D eigenvalue weighted by Gasteiger charge is 2.24. The number of hydrogen-bond donors (Lipinski definition) is 1. The van der Waals surface area contributed by atoms with E-state index in [0.717, 1.165) is 5.56 Å². The molecule has 0 spiro atoms. The average Bonchev–Trinajstić information content (AvgIpc) is 2.65. The van der Waals surface area contributed by atoms with Crippen LogP contribution in [0, 0.1) is 0 Å². The highest BCUT2D eigenvalue weighted by molar-refractivity contribution is 7.88. The van der Waals surface area contributed by atoms with Crippen molar-refractivity contribution in [1.29, 1.82) is 0 Å². The second-order valence-electron chi connectivity index (χ2n) is 5.83. The monoisotopic (exact) mass is 412 g/mol. The second-order valence-corrected chi connectivity index (χ2v) is 7.80. The summed E-state index contributed by atoms with van der Waals surface area (Å²) in [4.78, 5) is 11.9. The number of carbonyl (C=O) groups excluding carboxylic acids is 1. The molecule has 2 rings (SSSR count). The number of methoxy groups -OCH3 is 1. The van der Waals surface area contributed by atoms with Gasteiger partial charge in [-0.2, -0.15) is 0 Å². The smallest absolute Gasteiger partial charge is 0.338 e. The summed E-state index contributed by atoms with van der Waals surface area (Å²) in [7, 11) is -2.35. The fourth-order valence-corrected chi connectivity index (χ4v) is 4.26. The Labute approximate surface area is 166 Å².